The quantitative estimate of drug-likeness (QED) is 0.570. The fraction of sp³-hybridized carbons (Fsp3) is 0.300. The lowest BCUT2D eigenvalue weighted by Gasteiger charge is -2.12. The summed E-state index contributed by atoms with van der Waals surface area (Å²) in [6.07, 6.45) is 1.27. The van der Waals surface area contributed by atoms with Crippen molar-refractivity contribution in [3.63, 3.8) is 0 Å². The summed E-state index contributed by atoms with van der Waals surface area (Å²) in [6, 6.07) is 12.2. The predicted molar refractivity (Wildman–Crippen MR) is 109 cm³/mol. The van der Waals surface area contributed by atoms with Gasteiger partial charge in [-0.3, -0.25) is 9.59 Å². The van der Waals surface area contributed by atoms with Gasteiger partial charge in [-0.25, -0.2) is 0 Å². The molecule has 0 saturated carbocycles. The highest BCUT2D eigenvalue weighted by Gasteiger charge is 2.14. The van der Waals surface area contributed by atoms with Gasteiger partial charge in [0.25, 0.3) is 5.91 Å². The second-order valence-corrected chi connectivity index (χ2v) is 6.73. The third-order valence-electron chi connectivity index (χ3n) is 3.63. The molecule has 0 radical (unpaired) electrons. The van der Waals surface area contributed by atoms with E-state index in [9.17, 15) is 9.59 Å². The van der Waals surface area contributed by atoms with Gasteiger partial charge in [0.1, 0.15) is 12.4 Å². The predicted octanol–water partition coefficient (Wildman–Crippen LogP) is 4.47. The first-order valence-electron chi connectivity index (χ1n) is 8.66. The Hall–Kier alpha value is -2.38. The summed E-state index contributed by atoms with van der Waals surface area (Å²) in [4.78, 5) is 24.3. The second kappa shape index (κ2) is 10.7. The highest BCUT2D eigenvalue weighted by molar-refractivity contribution is 9.10. The number of hydrogen-bond acceptors (Lipinski definition) is 4. The Morgan fingerprint density at radius 3 is 2.30 bits per heavy atom. The van der Waals surface area contributed by atoms with Crippen molar-refractivity contribution in [3.8, 4) is 5.75 Å². The van der Waals surface area contributed by atoms with Gasteiger partial charge in [-0.1, -0.05) is 22.9 Å². The summed E-state index contributed by atoms with van der Waals surface area (Å²) < 4.78 is 11.4. The molecule has 0 fully saturated rings. The van der Waals surface area contributed by atoms with E-state index in [0.29, 0.717) is 42.3 Å². The molecule has 2 aromatic carbocycles. The number of ether oxygens (including phenoxy) is 2. The topological polar surface area (TPSA) is 76.7 Å². The third-order valence-corrected chi connectivity index (χ3v) is 4.13. The summed E-state index contributed by atoms with van der Waals surface area (Å²) in [6.45, 7) is 2.74. The van der Waals surface area contributed by atoms with Gasteiger partial charge in [0.15, 0.2) is 0 Å². The van der Waals surface area contributed by atoms with E-state index in [4.69, 9.17) is 9.47 Å². The second-order valence-electron chi connectivity index (χ2n) is 5.81. The SMILES string of the molecule is CCCC(=O)Nc1ccc(NC(=O)c2cc(Br)ccc2OCCOC)cc1. The number of amides is 2. The monoisotopic (exact) mass is 434 g/mol. The van der Waals surface area contributed by atoms with Crippen LogP contribution in [0.5, 0.6) is 5.75 Å². The molecule has 0 bridgehead atoms. The fourth-order valence-electron chi connectivity index (χ4n) is 2.33. The minimum atomic E-state index is -0.286. The Labute approximate surface area is 167 Å². The Kier molecular flexibility index (Phi) is 8.29. The first-order chi connectivity index (χ1) is 13.0. The van der Waals surface area contributed by atoms with Gasteiger partial charge in [-0.2, -0.15) is 0 Å². The molecule has 0 aromatic heterocycles. The molecule has 27 heavy (non-hydrogen) atoms. The fourth-order valence-corrected chi connectivity index (χ4v) is 2.69. The normalized spacial score (nSPS) is 10.3. The summed E-state index contributed by atoms with van der Waals surface area (Å²) in [5, 5.41) is 5.65. The molecular formula is C20H23BrN2O4. The van der Waals surface area contributed by atoms with Crippen molar-refractivity contribution >= 4 is 39.1 Å². The molecule has 0 unspecified atom stereocenters. The van der Waals surface area contributed by atoms with Crippen LogP contribution >= 0.6 is 15.9 Å². The molecule has 2 N–H and O–H groups in total. The molecule has 0 atom stereocenters. The number of nitrogens with one attached hydrogen (secondary N) is 2. The Bertz CT molecular complexity index is 778. The minimum absolute atomic E-state index is 0.0266. The maximum Gasteiger partial charge on any atom is 0.259 e. The molecule has 0 aliphatic rings. The average molecular weight is 435 g/mol. The van der Waals surface area contributed by atoms with E-state index in [1.165, 1.54) is 0 Å². The van der Waals surface area contributed by atoms with E-state index in [0.717, 1.165) is 10.9 Å². The van der Waals surface area contributed by atoms with E-state index in [1.807, 2.05) is 13.0 Å². The van der Waals surface area contributed by atoms with Crippen LogP contribution in [0.25, 0.3) is 0 Å². The number of rotatable bonds is 9. The van der Waals surface area contributed by atoms with E-state index in [1.54, 1.807) is 43.5 Å². The van der Waals surface area contributed by atoms with Crippen LogP contribution in [0.2, 0.25) is 0 Å². The van der Waals surface area contributed by atoms with Gasteiger partial charge in [-0.05, 0) is 48.9 Å². The molecule has 0 spiro atoms. The lowest BCUT2D eigenvalue weighted by Crippen LogP contribution is -2.15. The summed E-state index contributed by atoms with van der Waals surface area (Å²) >= 11 is 3.38. The maximum atomic E-state index is 12.7. The molecule has 7 heteroatoms. The third kappa shape index (κ3) is 6.69. The number of carbonyl (C=O) groups is 2. The summed E-state index contributed by atoms with van der Waals surface area (Å²) in [5.41, 5.74) is 1.73. The first kappa shape index (κ1) is 20.9. The molecule has 0 heterocycles. The zero-order chi connectivity index (χ0) is 19.6. The highest BCUT2D eigenvalue weighted by Crippen LogP contribution is 2.25. The van der Waals surface area contributed by atoms with Crippen LogP contribution in [-0.4, -0.2) is 32.1 Å². The summed E-state index contributed by atoms with van der Waals surface area (Å²) in [7, 11) is 1.59. The molecule has 0 aliphatic heterocycles. The van der Waals surface area contributed by atoms with Crippen LogP contribution in [0.1, 0.15) is 30.1 Å². The lowest BCUT2D eigenvalue weighted by atomic mass is 10.1. The minimum Gasteiger partial charge on any atom is -0.490 e. The summed E-state index contributed by atoms with van der Waals surface area (Å²) in [5.74, 6) is 0.170. The molecule has 0 aliphatic carbocycles. The number of anilines is 2. The van der Waals surface area contributed by atoms with Crippen LogP contribution < -0.4 is 15.4 Å². The average Bonchev–Trinajstić information content (AvgIpc) is 2.65. The molecule has 6 nitrogen and oxygen atoms in total. The van der Waals surface area contributed by atoms with Crippen LogP contribution in [0.4, 0.5) is 11.4 Å². The standard InChI is InChI=1S/C20H23BrN2O4/c1-3-4-19(24)22-15-6-8-16(9-7-15)23-20(25)17-13-14(21)5-10-18(17)27-12-11-26-2/h5-10,13H,3-4,11-12H2,1-2H3,(H,22,24)(H,23,25). The van der Waals surface area contributed by atoms with Gasteiger partial charge >= 0.3 is 0 Å². The Balaban J connectivity index is 2.06. The van der Waals surface area contributed by atoms with Crippen molar-refractivity contribution in [2.24, 2.45) is 0 Å². The Morgan fingerprint density at radius 1 is 1.00 bits per heavy atom. The van der Waals surface area contributed by atoms with Crippen LogP contribution in [0.15, 0.2) is 46.9 Å². The molecule has 0 saturated heterocycles. The van der Waals surface area contributed by atoms with Crippen LogP contribution in [0.3, 0.4) is 0 Å². The van der Waals surface area contributed by atoms with Gasteiger partial charge in [0, 0.05) is 29.4 Å². The van der Waals surface area contributed by atoms with Crippen LogP contribution in [-0.2, 0) is 9.53 Å². The number of halogens is 1. The Morgan fingerprint density at radius 2 is 1.67 bits per heavy atom. The maximum absolute atomic E-state index is 12.7. The molecule has 2 aromatic rings. The van der Waals surface area contributed by atoms with E-state index < -0.39 is 0 Å². The number of methoxy groups -OCH3 is 1. The zero-order valence-corrected chi connectivity index (χ0v) is 17.0. The van der Waals surface area contributed by atoms with Crippen molar-refractivity contribution < 1.29 is 19.1 Å². The first-order valence-corrected chi connectivity index (χ1v) is 9.45. The molecule has 2 rings (SSSR count). The van der Waals surface area contributed by atoms with Crippen molar-refractivity contribution in [1.82, 2.24) is 0 Å². The molecular weight excluding hydrogens is 412 g/mol. The van der Waals surface area contributed by atoms with Gasteiger partial charge in [-0.15, -0.1) is 0 Å². The smallest absolute Gasteiger partial charge is 0.259 e. The van der Waals surface area contributed by atoms with Gasteiger partial charge < -0.3 is 20.1 Å². The molecule has 2 amide bonds. The number of benzene rings is 2. The number of hydrogen-bond donors (Lipinski definition) is 2. The van der Waals surface area contributed by atoms with E-state index in [-0.39, 0.29) is 11.8 Å². The zero-order valence-electron chi connectivity index (χ0n) is 15.4. The number of carbonyl (C=O) groups excluding carboxylic acids is 2. The van der Waals surface area contributed by atoms with Crippen molar-refractivity contribution in [3.05, 3.63) is 52.5 Å². The van der Waals surface area contributed by atoms with Crippen molar-refractivity contribution in [2.75, 3.05) is 31.0 Å². The van der Waals surface area contributed by atoms with Crippen LogP contribution in [0, 0.1) is 0 Å². The van der Waals surface area contributed by atoms with E-state index in [2.05, 4.69) is 26.6 Å². The molecule has 144 valence electrons. The van der Waals surface area contributed by atoms with Crippen molar-refractivity contribution in [2.45, 2.75) is 19.8 Å². The van der Waals surface area contributed by atoms with Gasteiger partial charge in [0.2, 0.25) is 5.91 Å². The van der Waals surface area contributed by atoms with Crippen molar-refractivity contribution in [1.29, 1.82) is 0 Å². The largest absolute Gasteiger partial charge is 0.490 e. The van der Waals surface area contributed by atoms with E-state index >= 15 is 0 Å². The van der Waals surface area contributed by atoms with Gasteiger partial charge in [0.05, 0.1) is 12.2 Å². The highest BCUT2D eigenvalue weighted by atomic mass is 79.9. The lowest BCUT2D eigenvalue weighted by molar-refractivity contribution is -0.116.